The lowest BCUT2D eigenvalue weighted by Crippen LogP contribution is -2.45. The number of anilines is 1. The zero-order valence-electron chi connectivity index (χ0n) is 21.0. The molecule has 2 aromatic carbocycles. The topological polar surface area (TPSA) is 89.3 Å². The highest BCUT2D eigenvalue weighted by Crippen LogP contribution is 2.40. The highest BCUT2D eigenvalue weighted by atomic mass is 35.5. The Morgan fingerprint density at radius 1 is 1.00 bits per heavy atom. The van der Waals surface area contributed by atoms with Crippen molar-refractivity contribution in [2.45, 2.75) is 20.0 Å². The average molecular weight is 515 g/mol. The lowest BCUT2D eigenvalue weighted by Gasteiger charge is -2.34. The Balaban J connectivity index is 1.30. The number of nitrogens with one attached hydrogen (secondary N) is 1. The predicted octanol–water partition coefficient (Wildman–Crippen LogP) is 4.23. The summed E-state index contributed by atoms with van der Waals surface area (Å²) in [7, 11) is 4.86. The number of hydrogen-bond acceptors (Lipinski definition) is 8. The molecule has 36 heavy (non-hydrogen) atoms. The van der Waals surface area contributed by atoms with Crippen LogP contribution in [0.4, 0.5) is 5.69 Å². The third-order valence-electron chi connectivity index (χ3n) is 6.22. The van der Waals surface area contributed by atoms with Crippen LogP contribution < -0.4 is 19.5 Å². The molecule has 0 atom stereocenters. The Morgan fingerprint density at radius 3 is 2.33 bits per heavy atom. The number of benzene rings is 2. The number of hydrogen-bond donors (Lipinski definition) is 1. The quantitative estimate of drug-likeness (QED) is 0.454. The Morgan fingerprint density at radius 2 is 1.69 bits per heavy atom. The summed E-state index contributed by atoms with van der Waals surface area (Å²) in [5, 5.41) is 3.40. The first-order chi connectivity index (χ1) is 17.4. The van der Waals surface area contributed by atoms with E-state index in [-0.39, 0.29) is 11.6 Å². The van der Waals surface area contributed by atoms with Gasteiger partial charge in [-0.1, -0.05) is 23.7 Å². The van der Waals surface area contributed by atoms with Crippen LogP contribution in [0, 0.1) is 6.92 Å². The van der Waals surface area contributed by atoms with E-state index in [1.807, 2.05) is 25.1 Å². The Hall–Kier alpha value is -3.27. The molecular weight excluding hydrogens is 484 g/mol. The van der Waals surface area contributed by atoms with Crippen molar-refractivity contribution in [3.63, 3.8) is 0 Å². The summed E-state index contributed by atoms with van der Waals surface area (Å²) in [6, 6.07) is 9.28. The predicted molar refractivity (Wildman–Crippen MR) is 137 cm³/mol. The first-order valence-corrected chi connectivity index (χ1v) is 12.0. The molecule has 2 heterocycles. The van der Waals surface area contributed by atoms with Crippen molar-refractivity contribution in [1.29, 1.82) is 0 Å². The summed E-state index contributed by atoms with van der Waals surface area (Å²) in [4.78, 5) is 21.5. The summed E-state index contributed by atoms with van der Waals surface area (Å²) < 4.78 is 22.1. The molecule has 1 amide bonds. The first-order valence-electron chi connectivity index (χ1n) is 11.7. The number of rotatable bonds is 9. The molecule has 192 valence electrons. The zero-order chi connectivity index (χ0) is 25.7. The molecule has 0 saturated carbocycles. The molecule has 0 unspecified atom stereocenters. The molecule has 1 saturated heterocycles. The second-order valence-corrected chi connectivity index (χ2v) is 9.00. The summed E-state index contributed by atoms with van der Waals surface area (Å²) >= 11 is 6.14. The number of carbonyl (C=O) groups is 1. The molecule has 0 aliphatic carbocycles. The monoisotopic (exact) mass is 514 g/mol. The number of methoxy groups -OCH3 is 3. The number of carbonyl (C=O) groups excluding carboxylic acids is 1. The first kappa shape index (κ1) is 25.8. The average Bonchev–Trinajstić information content (AvgIpc) is 3.35. The van der Waals surface area contributed by atoms with Crippen LogP contribution in [0.2, 0.25) is 5.02 Å². The Bertz CT molecular complexity index is 1210. The molecular formula is C26H31ClN4O5. The highest BCUT2D eigenvalue weighted by molar-refractivity contribution is 6.31. The molecule has 0 bridgehead atoms. The van der Waals surface area contributed by atoms with Gasteiger partial charge in [-0.05, 0) is 30.7 Å². The van der Waals surface area contributed by atoms with Gasteiger partial charge in [0.05, 0.1) is 27.9 Å². The smallest absolute Gasteiger partial charge is 0.277 e. The minimum Gasteiger partial charge on any atom is -0.493 e. The number of nitrogens with zero attached hydrogens (tertiary/aromatic N) is 3. The molecule has 9 nitrogen and oxygen atoms in total. The minimum absolute atomic E-state index is 0.237. The molecule has 1 aliphatic heterocycles. The van der Waals surface area contributed by atoms with E-state index >= 15 is 0 Å². The van der Waals surface area contributed by atoms with Gasteiger partial charge in [-0.15, -0.1) is 0 Å². The van der Waals surface area contributed by atoms with Crippen LogP contribution >= 0.6 is 11.6 Å². The van der Waals surface area contributed by atoms with Crippen LogP contribution in [-0.2, 0) is 13.1 Å². The summed E-state index contributed by atoms with van der Waals surface area (Å²) in [5.74, 6) is 2.11. The second kappa shape index (κ2) is 11.6. The van der Waals surface area contributed by atoms with E-state index in [1.165, 1.54) is 6.26 Å². The van der Waals surface area contributed by atoms with E-state index in [1.54, 1.807) is 33.5 Å². The number of aromatic nitrogens is 1. The van der Waals surface area contributed by atoms with Crippen molar-refractivity contribution in [2.24, 2.45) is 0 Å². The molecule has 10 heteroatoms. The molecule has 0 radical (unpaired) electrons. The van der Waals surface area contributed by atoms with E-state index in [0.29, 0.717) is 40.4 Å². The maximum absolute atomic E-state index is 12.5. The minimum atomic E-state index is -0.335. The van der Waals surface area contributed by atoms with Crippen LogP contribution in [0.25, 0.3) is 0 Å². The van der Waals surface area contributed by atoms with Gasteiger partial charge in [0.15, 0.2) is 17.2 Å². The summed E-state index contributed by atoms with van der Waals surface area (Å²) in [6.45, 7) is 6.63. The molecule has 1 fully saturated rings. The van der Waals surface area contributed by atoms with E-state index < -0.39 is 0 Å². The van der Waals surface area contributed by atoms with Gasteiger partial charge in [0.2, 0.25) is 11.6 Å². The molecule has 1 aromatic heterocycles. The van der Waals surface area contributed by atoms with Crippen LogP contribution in [0.1, 0.15) is 27.5 Å². The van der Waals surface area contributed by atoms with Crippen molar-refractivity contribution in [3.8, 4) is 17.2 Å². The Labute approximate surface area is 215 Å². The maximum Gasteiger partial charge on any atom is 0.277 e. The fourth-order valence-corrected chi connectivity index (χ4v) is 4.36. The van der Waals surface area contributed by atoms with Gasteiger partial charge in [0, 0.05) is 49.0 Å². The maximum atomic E-state index is 12.5. The SMILES string of the molecule is COc1ccc(CN2CCN(Cc3nc(C(=O)Nc4ccc(C)c(Cl)c4)co3)CC2)c(OC)c1OC. The number of oxazole rings is 1. The second-order valence-electron chi connectivity index (χ2n) is 8.59. The lowest BCUT2D eigenvalue weighted by molar-refractivity contribution is 0.102. The van der Waals surface area contributed by atoms with Gasteiger partial charge in [0.1, 0.15) is 6.26 Å². The van der Waals surface area contributed by atoms with Gasteiger partial charge in [0.25, 0.3) is 5.91 Å². The normalized spacial score (nSPS) is 14.5. The van der Waals surface area contributed by atoms with E-state index in [4.69, 9.17) is 30.2 Å². The van der Waals surface area contributed by atoms with E-state index in [2.05, 4.69) is 20.1 Å². The standard InChI is InChI=1S/C26H31ClN4O5/c1-17-5-7-19(13-20(17)27)28-26(32)21-16-36-23(29-21)15-31-11-9-30(10-12-31)14-18-6-8-22(33-2)25(35-4)24(18)34-3/h5-8,13,16H,9-12,14-15H2,1-4H3,(H,28,32). The number of aryl methyl sites for hydroxylation is 1. The van der Waals surface area contributed by atoms with Crippen LogP contribution in [0.3, 0.4) is 0 Å². The van der Waals surface area contributed by atoms with Gasteiger partial charge in [-0.3, -0.25) is 14.6 Å². The van der Waals surface area contributed by atoms with E-state index in [9.17, 15) is 4.79 Å². The molecule has 0 spiro atoms. The van der Waals surface area contributed by atoms with Gasteiger partial charge >= 0.3 is 0 Å². The fraction of sp³-hybridized carbons (Fsp3) is 0.385. The largest absolute Gasteiger partial charge is 0.493 e. The molecule has 3 aromatic rings. The van der Waals surface area contributed by atoms with Gasteiger partial charge < -0.3 is 23.9 Å². The molecule has 1 N–H and O–H groups in total. The van der Waals surface area contributed by atoms with Gasteiger partial charge in [-0.2, -0.15) is 0 Å². The fourth-order valence-electron chi connectivity index (χ4n) is 4.18. The Kier molecular flexibility index (Phi) is 8.35. The van der Waals surface area contributed by atoms with Crippen molar-refractivity contribution in [3.05, 3.63) is 64.3 Å². The molecule has 4 rings (SSSR count). The third kappa shape index (κ3) is 5.92. The number of amides is 1. The van der Waals surface area contributed by atoms with Crippen LogP contribution in [-0.4, -0.2) is 68.2 Å². The van der Waals surface area contributed by atoms with Crippen molar-refractivity contribution >= 4 is 23.2 Å². The number of halogens is 1. The number of piperazine rings is 1. The zero-order valence-corrected chi connectivity index (χ0v) is 21.7. The van der Waals surface area contributed by atoms with Crippen molar-refractivity contribution < 1.29 is 23.4 Å². The summed E-state index contributed by atoms with van der Waals surface area (Å²) in [6.07, 6.45) is 1.39. The third-order valence-corrected chi connectivity index (χ3v) is 6.62. The highest BCUT2D eigenvalue weighted by Gasteiger charge is 2.23. The van der Waals surface area contributed by atoms with Crippen molar-refractivity contribution in [2.75, 3.05) is 52.8 Å². The summed E-state index contributed by atoms with van der Waals surface area (Å²) in [5.41, 5.74) is 2.84. The molecule has 1 aliphatic rings. The van der Waals surface area contributed by atoms with Crippen LogP contribution in [0.5, 0.6) is 17.2 Å². The van der Waals surface area contributed by atoms with Crippen molar-refractivity contribution in [1.82, 2.24) is 14.8 Å². The van der Waals surface area contributed by atoms with Gasteiger partial charge in [-0.25, -0.2) is 4.98 Å². The number of ether oxygens (including phenoxy) is 3. The van der Waals surface area contributed by atoms with Crippen LogP contribution in [0.15, 0.2) is 41.0 Å². The van der Waals surface area contributed by atoms with E-state index in [0.717, 1.165) is 43.9 Å². The lowest BCUT2D eigenvalue weighted by atomic mass is 10.1.